The molecule has 4 aromatic rings. The molecule has 2 aromatic heterocycles. The van der Waals surface area contributed by atoms with Gasteiger partial charge in [-0.05, 0) is 56.2 Å². The maximum absolute atomic E-state index is 13.8. The van der Waals surface area contributed by atoms with Crippen molar-refractivity contribution in [1.82, 2.24) is 4.57 Å². The summed E-state index contributed by atoms with van der Waals surface area (Å²) in [6, 6.07) is 14.6. The van der Waals surface area contributed by atoms with Crippen molar-refractivity contribution < 1.29 is 23.8 Å². The molecule has 2 aromatic carbocycles. The number of carboxylic acid groups (broad SMARTS) is 1. The Bertz CT molecular complexity index is 1850. The number of thiazole rings is 1. The van der Waals surface area contributed by atoms with E-state index in [9.17, 15) is 19.5 Å². The number of benzene rings is 2. The quantitative estimate of drug-likeness (QED) is 0.340. The van der Waals surface area contributed by atoms with Crippen molar-refractivity contribution in [3.63, 3.8) is 0 Å². The largest absolute Gasteiger partial charge is 0.478 e. The van der Waals surface area contributed by atoms with Crippen LogP contribution in [0.25, 0.3) is 17.4 Å². The third-order valence-electron chi connectivity index (χ3n) is 6.45. The van der Waals surface area contributed by atoms with E-state index in [2.05, 4.69) is 4.99 Å². The zero-order valence-electron chi connectivity index (χ0n) is 21.2. The summed E-state index contributed by atoms with van der Waals surface area (Å²) in [6.45, 7) is 5.31. The maximum atomic E-state index is 13.8. The standard InChI is InChI=1S/C29H23ClN2O6S/c1-4-37-28(36)24-16(3)31-29-32(25(24)20-8-5-6-11-21(20)30)26(33)23(39-29)14-17-12-13-22(38-17)18-9-7-10-19(15(18)2)27(34)35/h5-14,25H,4H2,1-3H3,(H,34,35)/b23-14-/t25-/m1/s1. The number of rotatable bonds is 6. The lowest BCUT2D eigenvalue weighted by molar-refractivity contribution is -0.139. The Labute approximate surface area is 231 Å². The van der Waals surface area contributed by atoms with Crippen molar-refractivity contribution in [1.29, 1.82) is 0 Å². The molecule has 0 bridgehead atoms. The van der Waals surface area contributed by atoms with Crippen LogP contribution in [0.15, 0.2) is 80.1 Å². The zero-order chi connectivity index (χ0) is 27.8. The molecule has 0 spiro atoms. The van der Waals surface area contributed by atoms with Crippen molar-refractivity contribution in [2.24, 2.45) is 4.99 Å². The van der Waals surface area contributed by atoms with Gasteiger partial charge in [-0.25, -0.2) is 14.6 Å². The van der Waals surface area contributed by atoms with Crippen LogP contribution >= 0.6 is 22.9 Å². The number of carbonyl (C=O) groups is 2. The van der Waals surface area contributed by atoms with Gasteiger partial charge in [0.25, 0.3) is 5.56 Å². The van der Waals surface area contributed by atoms with Crippen LogP contribution in [0.2, 0.25) is 5.02 Å². The van der Waals surface area contributed by atoms with Gasteiger partial charge in [-0.3, -0.25) is 9.36 Å². The summed E-state index contributed by atoms with van der Waals surface area (Å²) in [4.78, 5) is 43.3. The van der Waals surface area contributed by atoms with E-state index in [-0.39, 0.29) is 23.3 Å². The Morgan fingerprint density at radius 3 is 2.64 bits per heavy atom. The number of fused-ring (bicyclic) bond motifs is 1. The van der Waals surface area contributed by atoms with Crippen LogP contribution in [0.4, 0.5) is 0 Å². The van der Waals surface area contributed by atoms with Gasteiger partial charge < -0.3 is 14.3 Å². The van der Waals surface area contributed by atoms with Crippen molar-refractivity contribution in [2.75, 3.05) is 6.61 Å². The van der Waals surface area contributed by atoms with Crippen molar-refractivity contribution in [2.45, 2.75) is 26.8 Å². The van der Waals surface area contributed by atoms with Crippen LogP contribution in [-0.4, -0.2) is 28.2 Å². The molecule has 198 valence electrons. The second-order valence-corrected chi connectivity index (χ2v) is 10.2. The number of carboxylic acids is 1. The molecule has 8 nitrogen and oxygen atoms in total. The highest BCUT2D eigenvalue weighted by atomic mass is 35.5. The molecule has 1 aliphatic rings. The van der Waals surface area contributed by atoms with E-state index in [1.165, 1.54) is 22.0 Å². The van der Waals surface area contributed by atoms with Crippen molar-refractivity contribution in [3.05, 3.63) is 113 Å². The van der Waals surface area contributed by atoms with Gasteiger partial charge in [-0.1, -0.05) is 53.3 Å². The molecule has 1 N–H and O–H groups in total. The fourth-order valence-corrected chi connectivity index (χ4v) is 5.89. The normalized spacial score (nSPS) is 15.2. The van der Waals surface area contributed by atoms with Crippen LogP contribution in [0.5, 0.6) is 0 Å². The lowest BCUT2D eigenvalue weighted by Crippen LogP contribution is -2.40. The van der Waals surface area contributed by atoms with Crippen LogP contribution in [0.3, 0.4) is 0 Å². The Balaban J connectivity index is 1.64. The molecule has 39 heavy (non-hydrogen) atoms. The molecule has 1 atom stereocenters. The van der Waals surface area contributed by atoms with Gasteiger partial charge >= 0.3 is 11.9 Å². The number of hydrogen-bond donors (Lipinski definition) is 1. The average Bonchev–Trinajstić information content (AvgIpc) is 3.48. The molecule has 0 fully saturated rings. The van der Waals surface area contributed by atoms with E-state index in [0.717, 1.165) is 0 Å². The summed E-state index contributed by atoms with van der Waals surface area (Å²) < 4.78 is 13.1. The fourth-order valence-electron chi connectivity index (χ4n) is 4.62. The minimum atomic E-state index is -1.02. The van der Waals surface area contributed by atoms with Gasteiger partial charge in [0.1, 0.15) is 17.6 Å². The first-order valence-corrected chi connectivity index (χ1v) is 13.3. The predicted molar refractivity (Wildman–Crippen MR) is 148 cm³/mol. The smallest absolute Gasteiger partial charge is 0.338 e. The van der Waals surface area contributed by atoms with E-state index in [1.54, 1.807) is 75.4 Å². The van der Waals surface area contributed by atoms with Gasteiger partial charge in [0.2, 0.25) is 0 Å². The van der Waals surface area contributed by atoms with E-state index >= 15 is 0 Å². The summed E-state index contributed by atoms with van der Waals surface area (Å²) in [5.41, 5.74) is 2.32. The molecular formula is C29H23ClN2O6S. The van der Waals surface area contributed by atoms with Gasteiger partial charge in [0.15, 0.2) is 4.80 Å². The molecule has 0 saturated heterocycles. The van der Waals surface area contributed by atoms with Crippen LogP contribution in [0, 0.1) is 6.92 Å². The SMILES string of the molecule is CCOC(=O)C1=C(C)N=c2s/c(=C\c3ccc(-c4cccc(C(=O)O)c4C)o3)c(=O)n2[C@@H]1c1ccccc1Cl. The Hall–Kier alpha value is -4.21. The lowest BCUT2D eigenvalue weighted by atomic mass is 9.96. The minimum Gasteiger partial charge on any atom is -0.478 e. The van der Waals surface area contributed by atoms with Gasteiger partial charge in [0, 0.05) is 16.7 Å². The third-order valence-corrected chi connectivity index (χ3v) is 7.77. The first-order chi connectivity index (χ1) is 18.7. The summed E-state index contributed by atoms with van der Waals surface area (Å²) >= 11 is 7.70. The number of esters is 1. The van der Waals surface area contributed by atoms with E-state index in [0.29, 0.717) is 48.3 Å². The molecule has 0 aliphatic carbocycles. The number of aromatic carboxylic acids is 1. The minimum absolute atomic E-state index is 0.172. The van der Waals surface area contributed by atoms with E-state index in [4.69, 9.17) is 20.8 Å². The highest BCUT2D eigenvalue weighted by molar-refractivity contribution is 7.07. The van der Waals surface area contributed by atoms with Crippen LogP contribution in [0.1, 0.15) is 47.1 Å². The second-order valence-electron chi connectivity index (χ2n) is 8.81. The van der Waals surface area contributed by atoms with Gasteiger partial charge in [-0.2, -0.15) is 0 Å². The third kappa shape index (κ3) is 4.75. The number of ether oxygens (including phenoxy) is 1. The predicted octanol–water partition coefficient (Wildman–Crippen LogP) is 4.72. The maximum Gasteiger partial charge on any atom is 0.338 e. The number of aromatic nitrogens is 1. The first kappa shape index (κ1) is 26.4. The first-order valence-electron chi connectivity index (χ1n) is 12.1. The summed E-state index contributed by atoms with van der Waals surface area (Å²) in [6.07, 6.45) is 1.61. The number of allylic oxidation sites excluding steroid dienone is 1. The summed E-state index contributed by atoms with van der Waals surface area (Å²) in [7, 11) is 0. The number of carbonyl (C=O) groups excluding carboxylic acids is 1. The second kappa shape index (κ2) is 10.5. The van der Waals surface area contributed by atoms with Gasteiger partial charge in [0.05, 0.1) is 28.0 Å². The molecule has 10 heteroatoms. The van der Waals surface area contributed by atoms with Crippen LogP contribution in [-0.2, 0) is 9.53 Å². The molecule has 3 heterocycles. The summed E-state index contributed by atoms with van der Waals surface area (Å²) in [5.74, 6) is -0.699. The monoisotopic (exact) mass is 562 g/mol. The Morgan fingerprint density at radius 2 is 1.92 bits per heavy atom. The number of hydrogen-bond acceptors (Lipinski definition) is 7. The van der Waals surface area contributed by atoms with E-state index < -0.39 is 18.0 Å². The number of nitrogens with zero attached hydrogens (tertiary/aromatic N) is 2. The number of furan rings is 1. The van der Waals surface area contributed by atoms with Gasteiger partial charge in [-0.15, -0.1) is 0 Å². The summed E-state index contributed by atoms with van der Waals surface area (Å²) in [5, 5.41) is 9.85. The zero-order valence-corrected chi connectivity index (χ0v) is 22.8. The highest BCUT2D eigenvalue weighted by Crippen LogP contribution is 2.34. The van der Waals surface area contributed by atoms with Crippen molar-refractivity contribution in [3.8, 4) is 11.3 Å². The Kier molecular flexibility index (Phi) is 7.12. The van der Waals surface area contributed by atoms with E-state index in [1.807, 2.05) is 0 Å². The van der Waals surface area contributed by atoms with Crippen molar-refractivity contribution >= 4 is 41.0 Å². The lowest BCUT2D eigenvalue weighted by Gasteiger charge is -2.25. The Morgan fingerprint density at radius 1 is 1.15 bits per heavy atom. The molecular weight excluding hydrogens is 540 g/mol. The molecule has 1 aliphatic heterocycles. The molecule has 0 amide bonds. The molecule has 0 unspecified atom stereocenters. The average molecular weight is 563 g/mol. The molecule has 0 radical (unpaired) electrons. The topological polar surface area (TPSA) is 111 Å². The highest BCUT2D eigenvalue weighted by Gasteiger charge is 2.34. The molecule has 5 rings (SSSR count). The molecule has 0 saturated carbocycles. The van der Waals surface area contributed by atoms with Crippen LogP contribution < -0.4 is 14.9 Å². The number of halogens is 1. The fraction of sp³-hybridized carbons (Fsp3) is 0.172.